The lowest BCUT2D eigenvalue weighted by Crippen LogP contribution is -1.97. The second kappa shape index (κ2) is 4.14. The summed E-state index contributed by atoms with van der Waals surface area (Å²) in [6, 6.07) is 4.66. The average molecular weight is 288 g/mol. The van der Waals surface area contributed by atoms with Crippen LogP contribution in [0.5, 0.6) is 11.5 Å². The van der Waals surface area contributed by atoms with Crippen LogP contribution in [-0.2, 0) is 0 Å². The van der Waals surface area contributed by atoms with Gasteiger partial charge in [0.2, 0.25) is 0 Å². The number of benzene rings is 2. The standard InChI is InChI=1S/C14H8O7/c15-9-3-11-5(1-7(9)13(17)18)6-2-8(14(19)20)10(16)4-12(6)21-11/h1-4,15-16H,(H,17,18)(H,19,20). The number of aromatic carboxylic acids is 2. The number of aromatic hydroxyl groups is 2. The zero-order valence-corrected chi connectivity index (χ0v) is 10.3. The van der Waals surface area contributed by atoms with Crippen LogP contribution in [0.25, 0.3) is 21.9 Å². The SMILES string of the molecule is O=C(O)c1cc2c(cc1O)oc1cc(O)c(C(=O)O)cc12. The van der Waals surface area contributed by atoms with Gasteiger partial charge in [-0.2, -0.15) is 0 Å². The van der Waals surface area contributed by atoms with Gasteiger partial charge in [-0.3, -0.25) is 0 Å². The van der Waals surface area contributed by atoms with Crippen molar-refractivity contribution in [3.63, 3.8) is 0 Å². The molecular weight excluding hydrogens is 280 g/mol. The second-order valence-electron chi connectivity index (χ2n) is 4.44. The molecular formula is C14H8O7. The van der Waals surface area contributed by atoms with Crippen molar-refractivity contribution < 1.29 is 34.4 Å². The Hall–Kier alpha value is -3.22. The molecule has 106 valence electrons. The summed E-state index contributed by atoms with van der Waals surface area (Å²) in [5.74, 6) is -3.56. The van der Waals surface area contributed by atoms with Gasteiger partial charge in [0.25, 0.3) is 0 Å². The minimum absolute atomic E-state index is 0.189. The molecule has 7 heteroatoms. The summed E-state index contributed by atoms with van der Waals surface area (Å²) >= 11 is 0. The molecule has 7 nitrogen and oxygen atoms in total. The third kappa shape index (κ3) is 1.83. The van der Waals surface area contributed by atoms with Gasteiger partial charge in [-0.05, 0) is 12.1 Å². The highest BCUT2D eigenvalue weighted by Gasteiger charge is 2.18. The van der Waals surface area contributed by atoms with Crippen molar-refractivity contribution in [2.45, 2.75) is 0 Å². The average Bonchev–Trinajstić information content (AvgIpc) is 2.71. The number of carbonyl (C=O) groups is 2. The maximum Gasteiger partial charge on any atom is 0.339 e. The Kier molecular flexibility index (Phi) is 2.52. The number of rotatable bonds is 2. The third-order valence-corrected chi connectivity index (χ3v) is 3.17. The van der Waals surface area contributed by atoms with Gasteiger partial charge in [-0.1, -0.05) is 0 Å². The number of hydrogen-bond donors (Lipinski definition) is 4. The Morgan fingerprint density at radius 3 is 1.48 bits per heavy atom. The quantitative estimate of drug-likeness (QED) is 0.569. The monoisotopic (exact) mass is 288 g/mol. The number of carboxylic acid groups (broad SMARTS) is 2. The molecule has 0 spiro atoms. The summed E-state index contributed by atoms with van der Waals surface area (Å²) in [6.07, 6.45) is 0. The lowest BCUT2D eigenvalue weighted by molar-refractivity contribution is 0.0682. The molecule has 0 amide bonds. The van der Waals surface area contributed by atoms with E-state index in [1.807, 2.05) is 0 Å². The molecule has 0 saturated heterocycles. The third-order valence-electron chi connectivity index (χ3n) is 3.17. The molecule has 0 unspecified atom stereocenters. The Balaban J connectivity index is 2.44. The van der Waals surface area contributed by atoms with E-state index in [-0.39, 0.29) is 22.3 Å². The summed E-state index contributed by atoms with van der Waals surface area (Å²) in [5.41, 5.74) is -0.269. The number of hydrogen-bond acceptors (Lipinski definition) is 5. The van der Waals surface area contributed by atoms with Gasteiger partial charge < -0.3 is 24.8 Å². The van der Waals surface area contributed by atoms with Gasteiger partial charge in [0.15, 0.2) is 0 Å². The summed E-state index contributed by atoms with van der Waals surface area (Å²) in [7, 11) is 0. The van der Waals surface area contributed by atoms with E-state index in [1.54, 1.807) is 0 Å². The van der Waals surface area contributed by atoms with Crippen LogP contribution in [-0.4, -0.2) is 32.4 Å². The predicted molar refractivity (Wildman–Crippen MR) is 71.0 cm³/mol. The normalized spacial score (nSPS) is 11.0. The van der Waals surface area contributed by atoms with E-state index in [9.17, 15) is 19.8 Å². The summed E-state index contributed by atoms with van der Waals surface area (Å²) in [5, 5.41) is 37.9. The van der Waals surface area contributed by atoms with E-state index in [2.05, 4.69) is 0 Å². The minimum atomic E-state index is -1.32. The minimum Gasteiger partial charge on any atom is -0.507 e. The Labute approximate surface area is 116 Å². The van der Waals surface area contributed by atoms with E-state index in [1.165, 1.54) is 12.1 Å². The van der Waals surface area contributed by atoms with E-state index in [0.29, 0.717) is 10.8 Å². The molecule has 1 heterocycles. The molecule has 3 aromatic rings. The first-order valence-electron chi connectivity index (χ1n) is 5.77. The number of phenols is 2. The van der Waals surface area contributed by atoms with E-state index in [0.717, 1.165) is 12.1 Å². The first kappa shape index (κ1) is 12.8. The molecule has 0 aliphatic rings. The second-order valence-corrected chi connectivity index (χ2v) is 4.44. The van der Waals surface area contributed by atoms with Crippen molar-refractivity contribution >= 4 is 33.9 Å². The largest absolute Gasteiger partial charge is 0.507 e. The first-order chi connectivity index (χ1) is 9.88. The topological polar surface area (TPSA) is 128 Å². The van der Waals surface area contributed by atoms with Crippen LogP contribution in [0.15, 0.2) is 28.7 Å². The highest BCUT2D eigenvalue weighted by Crippen LogP contribution is 2.36. The Bertz CT molecular complexity index is 846. The maximum atomic E-state index is 11.0. The van der Waals surface area contributed by atoms with Gasteiger partial charge in [-0.25, -0.2) is 9.59 Å². The van der Waals surface area contributed by atoms with Gasteiger partial charge in [0, 0.05) is 22.9 Å². The van der Waals surface area contributed by atoms with Crippen molar-refractivity contribution in [1.29, 1.82) is 0 Å². The number of carboxylic acids is 2. The van der Waals surface area contributed by atoms with Crippen molar-refractivity contribution in [3.8, 4) is 11.5 Å². The van der Waals surface area contributed by atoms with E-state index in [4.69, 9.17) is 14.6 Å². The van der Waals surface area contributed by atoms with Crippen LogP contribution in [0.2, 0.25) is 0 Å². The fourth-order valence-electron chi connectivity index (χ4n) is 2.19. The van der Waals surface area contributed by atoms with Crippen LogP contribution < -0.4 is 0 Å². The fraction of sp³-hybridized carbons (Fsp3) is 0. The molecule has 2 aromatic carbocycles. The molecule has 0 saturated carbocycles. The first-order valence-corrected chi connectivity index (χ1v) is 5.77. The number of furan rings is 1. The molecule has 0 bridgehead atoms. The molecule has 0 aliphatic heterocycles. The number of fused-ring (bicyclic) bond motifs is 3. The predicted octanol–water partition coefficient (Wildman–Crippen LogP) is 2.39. The van der Waals surface area contributed by atoms with Gasteiger partial charge in [0.1, 0.15) is 33.8 Å². The van der Waals surface area contributed by atoms with Gasteiger partial charge in [0.05, 0.1) is 0 Å². The zero-order valence-electron chi connectivity index (χ0n) is 10.3. The van der Waals surface area contributed by atoms with Gasteiger partial charge in [-0.15, -0.1) is 0 Å². The van der Waals surface area contributed by atoms with Gasteiger partial charge >= 0.3 is 11.9 Å². The van der Waals surface area contributed by atoms with E-state index >= 15 is 0 Å². The van der Waals surface area contributed by atoms with Crippen molar-refractivity contribution in [3.05, 3.63) is 35.4 Å². The van der Waals surface area contributed by atoms with Crippen LogP contribution in [0.4, 0.5) is 0 Å². The molecule has 0 radical (unpaired) electrons. The van der Waals surface area contributed by atoms with Crippen molar-refractivity contribution in [2.24, 2.45) is 0 Å². The highest BCUT2D eigenvalue weighted by atomic mass is 16.4. The van der Waals surface area contributed by atoms with Crippen LogP contribution >= 0.6 is 0 Å². The van der Waals surface area contributed by atoms with Crippen LogP contribution in [0.3, 0.4) is 0 Å². The lowest BCUT2D eigenvalue weighted by Gasteiger charge is -2.00. The summed E-state index contributed by atoms with van der Waals surface area (Å²) in [4.78, 5) is 22.1. The Morgan fingerprint density at radius 2 is 1.14 bits per heavy atom. The lowest BCUT2D eigenvalue weighted by atomic mass is 10.1. The van der Waals surface area contributed by atoms with E-state index < -0.39 is 23.4 Å². The van der Waals surface area contributed by atoms with Crippen LogP contribution in [0.1, 0.15) is 20.7 Å². The zero-order chi connectivity index (χ0) is 15.3. The van der Waals surface area contributed by atoms with Crippen molar-refractivity contribution in [2.75, 3.05) is 0 Å². The molecule has 3 rings (SSSR count). The summed E-state index contributed by atoms with van der Waals surface area (Å²) in [6.45, 7) is 0. The van der Waals surface area contributed by atoms with Crippen LogP contribution in [0, 0.1) is 0 Å². The molecule has 4 N–H and O–H groups in total. The summed E-state index contributed by atoms with van der Waals surface area (Å²) < 4.78 is 5.38. The molecule has 0 aliphatic carbocycles. The Morgan fingerprint density at radius 1 is 0.762 bits per heavy atom. The fourth-order valence-corrected chi connectivity index (χ4v) is 2.19. The molecule has 0 atom stereocenters. The smallest absolute Gasteiger partial charge is 0.339 e. The molecule has 0 fully saturated rings. The highest BCUT2D eigenvalue weighted by molar-refractivity contribution is 6.11. The van der Waals surface area contributed by atoms with Crippen molar-refractivity contribution in [1.82, 2.24) is 0 Å². The maximum absolute atomic E-state index is 11.0. The molecule has 1 aromatic heterocycles. The molecule has 21 heavy (non-hydrogen) atoms.